The van der Waals surface area contributed by atoms with Crippen molar-refractivity contribution in [1.82, 2.24) is 4.98 Å². The van der Waals surface area contributed by atoms with Crippen LogP contribution in [-0.2, 0) is 4.79 Å². The Balaban J connectivity index is 1.91. The quantitative estimate of drug-likeness (QED) is 0.696. The topological polar surface area (TPSA) is 58.0 Å². The average Bonchev–Trinajstić information content (AvgIpc) is 3.08. The zero-order chi connectivity index (χ0) is 13.0. The number of anilines is 1. The molecule has 19 heavy (non-hydrogen) atoms. The smallest absolute Gasteiger partial charge is 0.231 e. The number of rotatable bonds is 1. The van der Waals surface area contributed by atoms with Gasteiger partial charge >= 0.3 is 0 Å². The summed E-state index contributed by atoms with van der Waals surface area (Å²) in [5.41, 5.74) is 3.91. The lowest BCUT2D eigenvalue weighted by molar-refractivity contribution is -0.116. The molecule has 0 fully saturated rings. The molecule has 0 radical (unpaired) electrons. The molecule has 4 rings (SSSR count). The number of fused-ring (bicyclic) bond motifs is 2. The summed E-state index contributed by atoms with van der Waals surface area (Å²) in [5, 5.41) is 3.99. The minimum atomic E-state index is -0.0821. The summed E-state index contributed by atoms with van der Waals surface area (Å²) >= 11 is 0. The van der Waals surface area contributed by atoms with Crippen LogP contribution in [0, 0.1) is 0 Å². The predicted octanol–water partition coefficient (Wildman–Crippen LogP) is 3.48. The van der Waals surface area contributed by atoms with Crippen molar-refractivity contribution in [3.8, 4) is 11.5 Å². The Morgan fingerprint density at radius 2 is 2.16 bits per heavy atom. The Kier molecular flexibility index (Phi) is 1.93. The molecule has 1 aliphatic rings. The Morgan fingerprint density at radius 1 is 1.26 bits per heavy atom. The van der Waals surface area contributed by atoms with Crippen LogP contribution in [0.2, 0.25) is 0 Å². The highest BCUT2D eigenvalue weighted by Crippen LogP contribution is 2.36. The summed E-state index contributed by atoms with van der Waals surface area (Å²) in [6.07, 6.45) is 1.66. The fourth-order valence-corrected chi connectivity index (χ4v) is 2.61. The largest absolute Gasteiger partial charge is 0.463 e. The monoisotopic (exact) mass is 252 g/mol. The number of furan rings is 1. The van der Waals surface area contributed by atoms with Crippen molar-refractivity contribution in [3.05, 3.63) is 42.2 Å². The maximum Gasteiger partial charge on any atom is 0.231 e. The van der Waals surface area contributed by atoms with Crippen LogP contribution in [0.25, 0.3) is 22.4 Å². The first kappa shape index (κ1) is 10.4. The van der Waals surface area contributed by atoms with Gasteiger partial charge in [-0.05, 0) is 42.8 Å². The molecule has 1 unspecified atom stereocenters. The van der Waals surface area contributed by atoms with Gasteiger partial charge in [-0.2, -0.15) is 0 Å². The van der Waals surface area contributed by atoms with Crippen molar-refractivity contribution >= 4 is 22.5 Å². The van der Waals surface area contributed by atoms with Crippen LogP contribution >= 0.6 is 0 Å². The van der Waals surface area contributed by atoms with E-state index in [0.717, 1.165) is 33.6 Å². The first-order valence-corrected chi connectivity index (χ1v) is 6.24. The van der Waals surface area contributed by atoms with Crippen molar-refractivity contribution in [2.75, 3.05) is 5.32 Å². The fourth-order valence-electron chi connectivity index (χ4n) is 2.61. The minimum absolute atomic E-state index is 0.0638. The van der Waals surface area contributed by atoms with Gasteiger partial charge < -0.3 is 14.7 Å². The number of nitrogens with one attached hydrogen (secondary N) is 2. The molecular weight excluding hydrogens is 240 g/mol. The molecule has 1 aromatic carbocycles. The van der Waals surface area contributed by atoms with E-state index in [-0.39, 0.29) is 11.8 Å². The number of hydrogen-bond donors (Lipinski definition) is 2. The summed E-state index contributed by atoms with van der Waals surface area (Å²) in [7, 11) is 0. The number of benzene rings is 1. The summed E-state index contributed by atoms with van der Waals surface area (Å²) < 4.78 is 5.39. The third kappa shape index (κ3) is 1.43. The van der Waals surface area contributed by atoms with Gasteiger partial charge in [0, 0.05) is 16.6 Å². The van der Waals surface area contributed by atoms with Crippen molar-refractivity contribution < 1.29 is 9.21 Å². The molecule has 0 saturated heterocycles. The number of carbonyl (C=O) groups excluding carboxylic acids is 1. The predicted molar refractivity (Wildman–Crippen MR) is 73.0 cm³/mol. The molecule has 4 heteroatoms. The van der Waals surface area contributed by atoms with Crippen LogP contribution in [0.5, 0.6) is 0 Å². The standard InChI is InChI=1S/C15H12N2O2/c1-8-10-5-9-6-13(14-3-2-4-19-14)16-11(9)7-12(10)17-15(8)18/h2-8,16H,1H3,(H,17,18). The van der Waals surface area contributed by atoms with E-state index in [1.807, 2.05) is 31.2 Å². The zero-order valence-corrected chi connectivity index (χ0v) is 10.4. The summed E-state index contributed by atoms with van der Waals surface area (Å²) in [4.78, 5) is 15.0. The lowest BCUT2D eigenvalue weighted by Gasteiger charge is -2.00. The molecule has 2 aromatic heterocycles. The second-order valence-corrected chi connectivity index (χ2v) is 4.90. The minimum Gasteiger partial charge on any atom is -0.463 e. The molecule has 1 aliphatic heterocycles. The molecule has 2 N–H and O–H groups in total. The number of aromatic nitrogens is 1. The number of aromatic amines is 1. The third-order valence-electron chi connectivity index (χ3n) is 3.70. The highest BCUT2D eigenvalue weighted by Gasteiger charge is 2.27. The van der Waals surface area contributed by atoms with E-state index in [1.54, 1.807) is 6.26 Å². The molecule has 0 saturated carbocycles. The molecule has 0 bridgehead atoms. The first-order chi connectivity index (χ1) is 9.22. The SMILES string of the molecule is CC1C(=O)Nc2cc3[nH]c(-c4ccco4)cc3cc21. The van der Waals surface area contributed by atoms with Gasteiger partial charge in [0.1, 0.15) is 5.76 Å². The molecule has 1 amide bonds. The second kappa shape index (κ2) is 3.51. The molecule has 3 aromatic rings. The van der Waals surface area contributed by atoms with Gasteiger partial charge in [-0.1, -0.05) is 0 Å². The van der Waals surface area contributed by atoms with Gasteiger partial charge in [0.05, 0.1) is 17.9 Å². The van der Waals surface area contributed by atoms with E-state index in [1.165, 1.54) is 0 Å². The fraction of sp³-hybridized carbons (Fsp3) is 0.133. The Hall–Kier alpha value is -2.49. The number of H-pyrrole nitrogens is 1. The van der Waals surface area contributed by atoms with Crippen LogP contribution < -0.4 is 5.32 Å². The number of amides is 1. The first-order valence-electron chi connectivity index (χ1n) is 6.24. The van der Waals surface area contributed by atoms with Crippen LogP contribution in [0.1, 0.15) is 18.4 Å². The van der Waals surface area contributed by atoms with E-state index in [9.17, 15) is 4.79 Å². The van der Waals surface area contributed by atoms with Crippen LogP contribution in [0.15, 0.2) is 41.0 Å². The number of carbonyl (C=O) groups is 1. The van der Waals surface area contributed by atoms with Gasteiger partial charge in [0.2, 0.25) is 5.91 Å². The van der Waals surface area contributed by atoms with Gasteiger partial charge in [-0.3, -0.25) is 4.79 Å². The lowest BCUT2D eigenvalue weighted by atomic mass is 10.0. The van der Waals surface area contributed by atoms with Gasteiger partial charge in [0.15, 0.2) is 0 Å². The van der Waals surface area contributed by atoms with E-state index in [4.69, 9.17) is 4.42 Å². The van der Waals surface area contributed by atoms with Crippen molar-refractivity contribution in [1.29, 1.82) is 0 Å². The van der Waals surface area contributed by atoms with Gasteiger partial charge in [-0.25, -0.2) is 0 Å². The van der Waals surface area contributed by atoms with Crippen LogP contribution in [-0.4, -0.2) is 10.9 Å². The molecule has 0 spiro atoms. The normalized spacial score (nSPS) is 17.7. The molecule has 3 heterocycles. The van der Waals surface area contributed by atoms with Crippen molar-refractivity contribution in [3.63, 3.8) is 0 Å². The van der Waals surface area contributed by atoms with E-state index >= 15 is 0 Å². The van der Waals surface area contributed by atoms with E-state index in [2.05, 4.69) is 16.4 Å². The van der Waals surface area contributed by atoms with Crippen LogP contribution in [0.4, 0.5) is 5.69 Å². The molecule has 1 atom stereocenters. The summed E-state index contributed by atoms with van der Waals surface area (Å²) in [5.74, 6) is 0.795. The van der Waals surface area contributed by atoms with E-state index < -0.39 is 0 Å². The van der Waals surface area contributed by atoms with Gasteiger partial charge in [-0.15, -0.1) is 0 Å². The maximum absolute atomic E-state index is 11.6. The average molecular weight is 252 g/mol. The van der Waals surface area contributed by atoms with Crippen molar-refractivity contribution in [2.24, 2.45) is 0 Å². The molecule has 0 aliphatic carbocycles. The molecular formula is C15H12N2O2. The Labute approximate surface area is 109 Å². The maximum atomic E-state index is 11.6. The highest BCUT2D eigenvalue weighted by molar-refractivity contribution is 6.05. The third-order valence-corrected chi connectivity index (χ3v) is 3.70. The van der Waals surface area contributed by atoms with Gasteiger partial charge in [0.25, 0.3) is 0 Å². The van der Waals surface area contributed by atoms with Crippen molar-refractivity contribution in [2.45, 2.75) is 12.8 Å². The summed E-state index contributed by atoms with van der Waals surface area (Å²) in [6.45, 7) is 1.92. The second-order valence-electron chi connectivity index (χ2n) is 4.90. The summed E-state index contributed by atoms with van der Waals surface area (Å²) in [6, 6.07) is 9.88. The van der Waals surface area contributed by atoms with Crippen LogP contribution in [0.3, 0.4) is 0 Å². The lowest BCUT2D eigenvalue weighted by Crippen LogP contribution is -2.08. The van der Waals surface area contributed by atoms with E-state index in [0.29, 0.717) is 0 Å². The highest BCUT2D eigenvalue weighted by atomic mass is 16.3. The molecule has 94 valence electrons. The Morgan fingerprint density at radius 3 is 2.95 bits per heavy atom. The number of hydrogen-bond acceptors (Lipinski definition) is 2. The Bertz CT molecular complexity index is 784. The zero-order valence-electron chi connectivity index (χ0n) is 10.4. The molecule has 4 nitrogen and oxygen atoms in total.